The van der Waals surface area contributed by atoms with Crippen LogP contribution in [0.25, 0.3) is 0 Å². The molecule has 0 spiro atoms. The van der Waals surface area contributed by atoms with Crippen molar-refractivity contribution in [1.29, 1.82) is 0 Å². The lowest BCUT2D eigenvalue weighted by Crippen LogP contribution is -2.24. The van der Waals surface area contributed by atoms with Gasteiger partial charge in [-0.15, -0.1) is 10.2 Å². The maximum Gasteiger partial charge on any atom is 0.258 e. The van der Waals surface area contributed by atoms with Crippen molar-refractivity contribution in [3.63, 3.8) is 0 Å². The number of thioether (sulfide) groups is 1. The van der Waals surface area contributed by atoms with Gasteiger partial charge < -0.3 is 5.32 Å². The third kappa shape index (κ3) is 5.88. The van der Waals surface area contributed by atoms with Crippen molar-refractivity contribution in [1.82, 2.24) is 15.5 Å². The van der Waals surface area contributed by atoms with Gasteiger partial charge in [0.05, 0.1) is 11.3 Å². The Hall–Kier alpha value is -2.23. The van der Waals surface area contributed by atoms with Gasteiger partial charge in [-0.25, -0.2) is 0 Å². The molecule has 3 aromatic rings. The van der Waals surface area contributed by atoms with Crippen LogP contribution in [-0.4, -0.2) is 27.8 Å². The average molecular weight is 463 g/mol. The van der Waals surface area contributed by atoms with Gasteiger partial charge >= 0.3 is 0 Å². The zero-order valence-corrected chi connectivity index (χ0v) is 17.2. The molecule has 1 aromatic heterocycles. The van der Waals surface area contributed by atoms with Crippen LogP contribution < -0.4 is 10.6 Å². The normalized spacial score (nSPS) is 10.4. The van der Waals surface area contributed by atoms with Crippen LogP contribution in [-0.2, 0) is 11.3 Å². The number of carbonyl (C=O) groups is 2. The van der Waals surface area contributed by atoms with Gasteiger partial charge in [0.1, 0.15) is 0 Å². The number of rotatable bonds is 7. The maximum absolute atomic E-state index is 12.3. The lowest BCUT2D eigenvalue weighted by Gasteiger charge is -2.04. The number of hydrogen-bond donors (Lipinski definition) is 2. The molecule has 2 aromatic carbocycles. The SMILES string of the molecule is O=C(CSc1nnc(NC(=O)c2ccccc2Br)s1)NCc1ccccc1. The van der Waals surface area contributed by atoms with Crippen LogP contribution in [0.4, 0.5) is 5.13 Å². The minimum Gasteiger partial charge on any atom is -0.351 e. The van der Waals surface area contributed by atoms with Crippen molar-refractivity contribution in [3.05, 3.63) is 70.2 Å². The summed E-state index contributed by atoms with van der Waals surface area (Å²) in [5.74, 6) is -0.117. The first-order chi connectivity index (χ1) is 13.1. The Balaban J connectivity index is 1.47. The molecule has 0 atom stereocenters. The van der Waals surface area contributed by atoms with Crippen molar-refractivity contribution >= 4 is 56.0 Å². The molecule has 0 saturated heterocycles. The van der Waals surface area contributed by atoms with Gasteiger partial charge in [0.15, 0.2) is 4.34 Å². The van der Waals surface area contributed by atoms with Gasteiger partial charge in [-0.2, -0.15) is 0 Å². The molecule has 0 aliphatic heterocycles. The lowest BCUT2D eigenvalue weighted by atomic mass is 10.2. The Labute approximate surface area is 172 Å². The first-order valence-corrected chi connectivity index (χ1v) is 10.5. The van der Waals surface area contributed by atoms with Crippen LogP contribution in [0.15, 0.2) is 63.4 Å². The summed E-state index contributed by atoms with van der Waals surface area (Å²) >= 11 is 5.86. The molecular formula is C18H15BrN4O2S2. The molecule has 6 nitrogen and oxygen atoms in total. The second kappa shape index (κ2) is 9.63. The number of hydrogen-bond acceptors (Lipinski definition) is 6. The van der Waals surface area contributed by atoms with Crippen molar-refractivity contribution < 1.29 is 9.59 Å². The van der Waals surface area contributed by atoms with Crippen molar-refractivity contribution in [2.24, 2.45) is 0 Å². The fraction of sp³-hybridized carbons (Fsp3) is 0.111. The molecule has 0 fully saturated rings. The van der Waals surface area contributed by atoms with Gasteiger partial charge in [0, 0.05) is 11.0 Å². The molecule has 27 heavy (non-hydrogen) atoms. The van der Waals surface area contributed by atoms with Crippen molar-refractivity contribution in [3.8, 4) is 0 Å². The van der Waals surface area contributed by atoms with E-state index in [9.17, 15) is 9.59 Å². The zero-order chi connectivity index (χ0) is 19.1. The van der Waals surface area contributed by atoms with Gasteiger partial charge in [0.2, 0.25) is 11.0 Å². The number of halogens is 1. The van der Waals surface area contributed by atoms with E-state index in [0.29, 0.717) is 26.1 Å². The maximum atomic E-state index is 12.3. The summed E-state index contributed by atoms with van der Waals surface area (Å²) in [5, 5.41) is 13.9. The Morgan fingerprint density at radius 2 is 1.78 bits per heavy atom. The molecule has 0 aliphatic rings. The van der Waals surface area contributed by atoms with E-state index in [4.69, 9.17) is 0 Å². The Morgan fingerprint density at radius 1 is 1.04 bits per heavy atom. The number of aromatic nitrogens is 2. The van der Waals surface area contributed by atoms with Gasteiger partial charge in [0.25, 0.3) is 5.91 Å². The van der Waals surface area contributed by atoms with E-state index in [1.54, 1.807) is 18.2 Å². The Morgan fingerprint density at radius 3 is 2.56 bits per heavy atom. The predicted molar refractivity (Wildman–Crippen MR) is 111 cm³/mol. The summed E-state index contributed by atoms with van der Waals surface area (Å²) in [4.78, 5) is 24.2. The Kier molecular flexibility index (Phi) is 6.97. The highest BCUT2D eigenvalue weighted by molar-refractivity contribution is 9.10. The molecule has 138 valence electrons. The van der Waals surface area contributed by atoms with E-state index in [-0.39, 0.29) is 17.6 Å². The highest BCUT2D eigenvalue weighted by Crippen LogP contribution is 2.26. The molecule has 3 rings (SSSR count). The summed E-state index contributed by atoms with van der Waals surface area (Å²) in [6, 6.07) is 16.8. The Bertz CT molecular complexity index is 934. The van der Waals surface area contributed by atoms with E-state index in [1.165, 1.54) is 23.1 Å². The predicted octanol–water partition coefficient (Wildman–Crippen LogP) is 3.96. The summed E-state index contributed by atoms with van der Waals surface area (Å²) in [6.07, 6.45) is 0. The number of benzene rings is 2. The quantitative estimate of drug-likeness (QED) is 0.410. The van der Waals surface area contributed by atoms with E-state index in [0.717, 1.165) is 5.56 Å². The summed E-state index contributed by atoms with van der Waals surface area (Å²) in [7, 11) is 0. The molecule has 0 bridgehead atoms. The van der Waals surface area contributed by atoms with Crippen LogP contribution >= 0.6 is 39.0 Å². The summed E-state index contributed by atoms with van der Waals surface area (Å²) < 4.78 is 1.32. The number of nitrogens with zero attached hydrogens (tertiary/aromatic N) is 2. The van der Waals surface area contributed by atoms with E-state index in [1.807, 2.05) is 36.4 Å². The average Bonchev–Trinajstić information content (AvgIpc) is 3.13. The van der Waals surface area contributed by atoms with Crippen LogP contribution in [0.5, 0.6) is 0 Å². The number of nitrogens with one attached hydrogen (secondary N) is 2. The zero-order valence-electron chi connectivity index (χ0n) is 14.0. The third-order valence-electron chi connectivity index (χ3n) is 3.40. The molecule has 2 amide bonds. The minimum absolute atomic E-state index is 0.0853. The highest BCUT2D eigenvalue weighted by Gasteiger charge is 2.13. The molecule has 9 heteroatoms. The first kappa shape index (κ1) is 19.5. The second-order valence-corrected chi connectivity index (χ2v) is 8.41. The van der Waals surface area contributed by atoms with E-state index >= 15 is 0 Å². The second-order valence-electron chi connectivity index (χ2n) is 5.36. The monoisotopic (exact) mass is 462 g/mol. The molecular weight excluding hydrogens is 448 g/mol. The van der Waals surface area contributed by atoms with Crippen LogP contribution in [0.1, 0.15) is 15.9 Å². The van der Waals surface area contributed by atoms with Crippen LogP contribution in [0, 0.1) is 0 Å². The van der Waals surface area contributed by atoms with Crippen molar-refractivity contribution in [2.75, 3.05) is 11.1 Å². The fourth-order valence-corrected chi connectivity index (χ4v) is 4.14. The highest BCUT2D eigenvalue weighted by atomic mass is 79.9. The number of amides is 2. The lowest BCUT2D eigenvalue weighted by molar-refractivity contribution is -0.118. The third-order valence-corrected chi connectivity index (χ3v) is 6.07. The number of anilines is 1. The topological polar surface area (TPSA) is 84.0 Å². The largest absolute Gasteiger partial charge is 0.351 e. The molecule has 0 unspecified atom stereocenters. The van der Waals surface area contributed by atoms with Gasteiger partial charge in [-0.1, -0.05) is 65.6 Å². The summed E-state index contributed by atoms with van der Waals surface area (Å²) in [5.41, 5.74) is 1.56. The molecule has 0 radical (unpaired) electrons. The summed E-state index contributed by atoms with van der Waals surface area (Å²) in [6.45, 7) is 0.490. The van der Waals surface area contributed by atoms with Crippen molar-refractivity contribution in [2.45, 2.75) is 10.9 Å². The van der Waals surface area contributed by atoms with Gasteiger partial charge in [-0.3, -0.25) is 14.9 Å². The first-order valence-electron chi connectivity index (χ1n) is 7.94. The molecule has 0 saturated carbocycles. The van der Waals surface area contributed by atoms with Crippen LogP contribution in [0.3, 0.4) is 0 Å². The molecule has 0 aliphatic carbocycles. The minimum atomic E-state index is -0.268. The molecule has 1 heterocycles. The van der Waals surface area contributed by atoms with E-state index < -0.39 is 0 Å². The smallest absolute Gasteiger partial charge is 0.258 e. The van der Waals surface area contributed by atoms with Gasteiger partial charge in [-0.05, 0) is 33.6 Å². The number of carbonyl (C=O) groups excluding carboxylic acids is 2. The van der Waals surface area contributed by atoms with Crippen LogP contribution in [0.2, 0.25) is 0 Å². The fourth-order valence-electron chi connectivity index (χ4n) is 2.10. The molecule has 2 N–H and O–H groups in total. The standard InChI is InChI=1S/C18H15BrN4O2S2/c19-14-9-5-4-8-13(14)16(25)21-17-22-23-18(27-17)26-11-15(24)20-10-12-6-2-1-3-7-12/h1-9H,10-11H2,(H,20,24)(H,21,22,25). The van der Waals surface area contributed by atoms with E-state index in [2.05, 4.69) is 36.8 Å².